The molecule has 1 aliphatic carbocycles. The Balaban J connectivity index is 1.81. The van der Waals surface area contributed by atoms with Crippen molar-refractivity contribution >= 4 is 23.5 Å². The van der Waals surface area contributed by atoms with E-state index in [4.69, 9.17) is 0 Å². The van der Waals surface area contributed by atoms with Gasteiger partial charge in [0, 0.05) is 15.7 Å². The smallest absolute Gasteiger partial charge is 0.243 e. The third-order valence-corrected chi connectivity index (χ3v) is 3.54. The number of rotatable bonds is 3. The molecule has 1 aromatic heterocycles. The molecule has 0 aliphatic heterocycles. The van der Waals surface area contributed by atoms with Crippen molar-refractivity contribution in [2.75, 3.05) is 0 Å². The molecule has 0 spiro atoms. The fourth-order valence-electron chi connectivity index (χ4n) is 1.44. The van der Waals surface area contributed by atoms with Gasteiger partial charge in [0.2, 0.25) is 5.91 Å². The van der Waals surface area contributed by atoms with Gasteiger partial charge in [-0.2, -0.15) is 5.10 Å². The molecule has 1 saturated carbocycles. The van der Waals surface area contributed by atoms with Gasteiger partial charge in [0.1, 0.15) is 0 Å². The average molecular weight is 222 g/mol. The maximum atomic E-state index is 11.4. The number of carbonyl (C=O) groups is 1. The van der Waals surface area contributed by atoms with Crippen LogP contribution in [0.2, 0.25) is 0 Å². The first-order chi connectivity index (χ1) is 7.25. The molecule has 0 unspecified atom stereocenters. The lowest BCUT2D eigenvalue weighted by Gasteiger charge is -2.22. The number of aryl methyl sites for hydroxylation is 1. The molecule has 3 nitrogen and oxygen atoms in total. The van der Waals surface area contributed by atoms with Gasteiger partial charge in [-0.15, -0.1) is 11.3 Å². The van der Waals surface area contributed by atoms with E-state index >= 15 is 0 Å². The minimum atomic E-state index is 0.0609. The highest BCUT2D eigenvalue weighted by atomic mass is 32.1. The summed E-state index contributed by atoms with van der Waals surface area (Å²) < 4.78 is 0. The van der Waals surface area contributed by atoms with Crippen molar-refractivity contribution in [3.05, 3.63) is 21.9 Å². The first-order valence-electron chi connectivity index (χ1n) is 5.15. The highest BCUT2D eigenvalue weighted by Crippen LogP contribution is 2.26. The van der Waals surface area contributed by atoms with Crippen molar-refractivity contribution in [1.82, 2.24) is 5.43 Å². The summed E-state index contributed by atoms with van der Waals surface area (Å²) in [5, 5.41) is 3.94. The number of nitrogens with zero attached hydrogens (tertiary/aromatic N) is 1. The molecule has 4 heteroatoms. The SMILES string of the molecule is Cc1ccc(C=NNC(=O)C2CCC2)s1. The topological polar surface area (TPSA) is 41.5 Å². The number of hydrogen-bond acceptors (Lipinski definition) is 3. The highest BCUT2D eigenvalue weighted by Gasteiger charge is 2.24. The van der Waals surface area contributed by atoms with Crippen molar-refractivity contribution in [3.8, 4) is 0 Å². The summed E-state index contributed by atoms with van der Waals surface area (Å²) in [6, 6.07) is 4.04. The minimum Gasteiger partial charge on any atom is -0.273 e. The number of nitrogens with one attached hydrogen (secondary N) is 1. The van der Waals surface area contributed by atoms with Gasteiger partial charge in [-0.25, -0.2) is 5.43 Å². The molecule has 2 rings (SSSR count). The molecule has 0 radical (unpaired) electrons. The summed E-state index contributed by atoms with van der Waals surface area (Å²) in [5.41, 5.74) is 2.58. The predicted molar refractivity (Wildman–Crippen MR) is 62.1 cm³/mol. The summed E-state index contributed by atoms with van der Waals surface area (Å²) in [6.07, 6.45) is 4.90. The van der Waals surface area contributed by atoms with Crippen LogP contribution in [-0.2, 0) is 4.79 Å². The monoisotopic (exact) mass is 222 g/mol. The zero-order chi connectivity index (χ0) is 10.7. The van der Waals surface area contributed by atoms with Crippen LogP contribution in [0, 0.1) is 12.8 Å². The van der Waals surface area contributed by atoms with E-state index in [-0.39, 0.29) is 11.8 Å². The Morgan fingerprint density at radius 3 is 2.93 bits per heavy atom. The molecule has 0 saturated heterocycles. The summed E-state index contributed by atoms with van der Waals surface area (Å²) in [7, 11) is 0. The second-order valence-corrected chi connectivity index (χ2v) is 5.13. The van der Waals surface area contributed by atoms with Gasteiger partial charge < -0.3 is 0 Å². The molecule has 0 atom stereocenters. The van der Waals surface area contributed by atoms with Crippen LogP contribution >= 0.6 is 11.3 Å². The van der Waals surface area contributed by atoms with Gasteiger partial charge in [-0.05, 0) is 31.9 Å². The van der Waals surface area contributed by atoms with Gasteiger partial charge in [0.25, 0.3) is 0 Å². The first kappa shape index (κ1) is 10.4. The molecule has 1 aliphatic rings. The Labute approximate surface area is 93.2 Å². The van der Waals surface area contributed by atoms with Crippen LogP contribution in [0.4, 0.5) is 0 Å². The van der Waals surface area contributed by atoms with E-state index < -0.39 is 0 Å². The fraction of sp³-hybridized carbons (Fsp3) is 0.455. The molecule has 1 N–H and O–H groups in total. The van der Waals surface area contributed by atoms with E-state index in [1.54, 1.807) is 17.6 Å². The third-order valence-electron chi connectivity index (χ3n) is 2.60. The van der Waals surface area contributed by atoms with Crippen molar-refractivity contribution in [2.45, 2.75) is 26.2 Å². The van der Waals surface area contributed by atoms with Crippen LogP contribution in [0.1, 0.15) is 29.0 Å². The van der Waals surface area contributed by atoms with Gasteiger partial charge in [0.15, 0.2) is 0 Å². The maximum Gasteiger partial charge on any atom is 0.243 e. The molecule has 1 amide bonds. The molecule has 1 fully saturated rings. The highest BCUT2D eigenvalue weighted by molar-refractivity contribution is 7.13. The van der Waals surface area contributed by atoms with Crippen LogP contribution in [0.15, 0.2) is 17.2 Å². The molecule has 15 heavy (non-hydrogen) atoms. The zero-order valence-corrected chi connectivity index (χ0v) is 9.51. The zero-order valence-electron chi connectivity index (χ0n) is 8.69. The second kappa shape index (κ2) is 4.57. The lowest BCUT2D eigenvalue weighted by Crippen LogP contribution is -2.31. The van der Waals surface area contributed by atoms with Crippen molar-refractivity contribution < 1.29 is 4.79 Å². The lowest BCUT2D eigenvalue weighted by molar-refractivity contribution is -0.127. The number of hydrogen-bond donors (Lipinski definition) is 1. The number of thiophene rings is 1. The standard InChI is InChI=1S/C11H14N2OS/c1-8-5-6-10(15-8)7-12-13-11(14)9-3-2-4-9/h5-7,9H,2-4H2,1H3,(H,13,14). The van der Waals surface area contributed by atoms with Crippen LogP contribution in [0.25, 0.3) is 0 Å². The molecule has 0 aromatic carbocycles. The van der Waals surface area contributed by atoms with E-state index in [0.717, 1.165) is 17.7 Å². The van der Waals surface area contributed by atoms with E-state index in [1.807, 2.05) is 12.1 Å². The molecule has 80 valence electrons. The Morgan fingerprint density at radius 2 is 2.40 bits per heavy atom. The summed E-state index contributed by atoms with van der Waals surface area (Å²) in [5.74, 6) is 0.262. The Bertz CT molecular complexity index is 380. The first-order valence-corrected chi connectivity index (χ1v) is 5.97. The quantitative estimate of drug-likeness (QED) is 0.619. The van der Waals surface area contributed by atoms with Crippen molar-refractivity contribution in [3.63, 3.8) is 0 Å². The van der Waals surface area contributed by atoms with Gasteiger partial charge in [-0.3, -0.25) is 4.79 Å². The van der Waals surface area contributed by atoms with Crippen LogP contribution in [0.3, 0.4) is 0 Å². The average Bonchev–Trinajstić information content (AvgIpc) is 2.48. The number of amides is 1. The maximum absolute atomic E-state index is 11.4. The Kier molecular flexibility index (Phi) is 3.16. The number of hydrazone groups is 1. The molecular formula is C11H14N2OS. The molecule has 1 aromatic rings. The second-order valence-electron chi connectivity index (χ2n) is 3.81. The lowest BCUT2D eigenvalue weighted by atomic mass is 9.85. The van der Waals surface area contributed by atoms with Gasteiger partial charge in [0.05, 0.1) is 6.21 Å². The van der Waals surface area contributed by atoms with Gasteiger partial charge >= 0.3 is 0 Å². The molecule has 1 heterocycles. The van der Waals surface area contributed by atoms with Crippen molar-refractivity contribution in [1.29, 1.82) is 0 Å². The van der Waals surface area contributed by atoms with Crippen molar-refractivity contribution in [2.24, 2.45) is 11.0 Å². The van der Waals surface area contributed by atoms with E-state index in [9.17, 15) is 4.79 Å². The van der Waals surface area contributed by atoms with Crippen LogP contribution in [0.5, 0.6) is 0 Å². The van der Waals surface area contributed by atoms with E-state index in [0.29, 0.717) is 0 Å². The van der Waals surface area contributed by atoms with E-state index in [2.05, 4.69) is 17.5 Å². The predicted octanol–water partition coefficient (Wildman–Crippen LogP) is 2.31. The van der Waals surface area contributed by atoms with Crippen LogP contribution < -0.4 is 5.43 Å². The summed E-state index contributed by atoms with van der Waals surface area (Å²) in [6.45, 7) is 2.05. The van der Waals surface area contributed by atoms with Crippen LogP contribution in [-0.4, -0.2) is 12.1 Å². The molecular weight excluding hydrogens is 208 g/mol. The third kappa shape index (κ3) is 2.65. The normalized spacial score (nSPS) is 16.6. The number of carbonyl (C=O) groups excluding carboxylic acids is 1. The Morgan fingerprint density at radius 1 is 1.60 bits per heavy atom. The minimum absolute atomic E-state index is 0.0609. The largest absolute Gasteiger partial charge is 0.273 e. The summed E-state index contributed by atoms with van der Waals surface area (Å²) >= 11 is 1.67. The molecule has 0 bridgehead atoms. The van der Waals surface area contributed by atoms with Gasteiger partial charge in [-0.1, -0.05) is 6.42 Å². The Hall–Kier alpha value is -1.16. The van der Waals surface area contributed by atoms with E-state index in [1.165, 1.54) is 11.3 Å². The fourth-order valence-corrected chi connectivity index (χ4v) is 2.19. The summed E-state index contributed by atoms with van der Waals surface area (Å²) in [4.78, 5) is 13.7.